The van der Waals surface area contributed by atoms with Crippen molar-refractivity contribution >= 4 is 0 Å². The monoisotopic (exact) mass is 500 g/mol. The molecule has 0 aliphatic rings. The van der Waals surface area contributed by atoms with Gasteiger partial charge in [0.1, 0.15) is 11.5 Å². The summed E-state index contributed by atoms with van der Waals surface area (Å²) in [5.41, 5.74) is 7.00. The minimum atomic E-state index is -0.213. The molecule has 3 aromatic carbocycles. The molecule has 3 rings (SSSR count). The molecule has 0 aliphatic carbocycles. The highest BCUT2D eigenvalue weighted by Crippen LogP contribution is 2.47. The summed E-state index contributed by atoms with van der Waals surface area (Å²) in [6.07, 6.45) is 0. The summed E-state index contributed by atoms with van der Waals surface area (Å²) in [6, 6.07) is 19.1. The second kappa shape index (κ2) is 9.53. The van der Waals surface area contributed by atoms with Crippen LogP contribution in [0.2, 0.25) is 0 Å². The van der Waals surface area contributed by atoms with E-state index in [-0.39, 0.29) is 27.6 Å². The van der Waals surface area contributed by atoms with E-state index in [1.165, 1.54) is 16.7 Å². The van der Waals surface area contributed by atoms with E-state index in [0.29, 0.717) is 11.5 Å². The van der Waals surface area contributed by atoms with Crippen LogP contribution in [-0.2, 0) is 21.7 Å². The van der Waals surface area contributed by atoms with Crippen molar-refractivity contribution in [2.45, 2.75) is 111 Å². The standard InChI is InChI=1S/C35H48O2/c1-32(2,3)25-20-29(36)27(34(7,8)9)18-23(25)31(22-16-14-13-15-17-22)24-19-28(35(10,11)12)30(37)21-26(24)33(4,5)6/h13-21,31,36-37H,1-12H3. The molecule has 0 atom stereocenters. The molecule has 0 bridgehead atoms. The maximum Gasteiger partial charge on any atom is 0.119 e. The number of hydrogen-bond donors (Lipinski definition) is 2. The van der Waals surface area contributed by atoms with Crippen LogP contribution in [-0.4, -0.2) is 10.2 Å². The molecule has 0 aromatic heterocycles. The Morgan fingerprint density at radius 3 is 1.08 bits per heavy atom. The SMILES string of the molecule is CC(C)(C)c1cc(C(c2ccccc2)c2cc(C(C)(C)C)c(O)cc2C(C)(C)C)c(C(C)(C)C)cc1O. The Morgan fingerprint density at radius 2 is 0.784 bits per heavy atom. The van der Waals surface area contributed by atoms with Crippen LogP contribution in [0.3, 0.4) is 0 Å². The molecule has 2 heteroatoms. The lowest BCUT2D eigenvalue weighted by Crippen LogP contribution is -2.23. The quantitative estimate of drug-likeness (QED) is 0.352. The first-order valence-electron chi connectivity index (χ1n) is 13.5. The van der Waals surface area contributed by atoms with Crippen molar-refractivity contribution in [3.8, 4) is 11.5 Å². The number of hydrogen-bond acceptors (Lipinski definition) is 2. The van der Waals surface area contributed by atoms with Gasteiger partial charge in [-0.1, -0.05) is 126 Å². The van der Waals surface area contributed by atoms with Gasteiger partial charge in [-0.2, -0.15) is 0 Å². The first kappa shape index (κ1) is 28.8. The van der Waals surface area contributed by atoms with Gasteiger partial charge in [-0.3, -0.25) is 0 Å². The molecular weight excluding hydrogens is 452 g/mol. The van der Waals surface area contributed by atoms with Crippen LogP contribution in [0, 0.1) is 0 Å². The summed E-state index contributed by atoms with van der Waals surface area (Å²) in [6.45, 7) is 26.2. The van der Waals surface area contributed by atoms with E-state index in [1.54, 1.807) is 0 Å². The lowest BCUT2D eigenvalue weighted by atomic mass is 9.69. The average Bonchev–Trinajstić information content (AvgIpc) is 2.73. The maximum atomic E-state index is 11.2. The normalized spacial score (nSPS) is 13.3. The highest BCUT2D eigenvalue weighted by atomic mass is 16.3. The van der Waals surface area contributed by atoms with E-state index in [1.807, 2.05) is 12.1 Å². The van der Waals surface area contributed by atoms with Gasteiger partial charge < -0.3 is 10.2 Å². The Bertz CT molecular complexity index is 1170. The Kier molecular flexibility index (Phi) is 7.43. The van der Waals surface area contributed by atoms with E-state index in [4.69, 9.17) is 0 Å². The van der Waals surface area contributed by atoms with E-state index < -0.39 is 0 Å². The summed E-state index contributed by atoms with van der Waals surface area (Å²) >= 11 is 0. The summed E-state index contributed by atoms with van der Waals surface area (Å²) in [7, 11) is 0. The van der Waals surface area contributed by atoms with Gasteiger partial charge in [-0.15, -0.1) is 0 Å². The topological polar surface area (TPSA) is 40.5 Å². The first-order chi connectivity index (χ1) is 16.7. The van der Waals surface area contributed by atoms with E-state index in [2.05, 4.69) is 126 Å². The minimum absolute atomic E-state index is 0.0620. The fourth-order valence-electron chi connectivity index (χ4n) is 5.36. The van der Waals surface area contributed by atoms with Crippen LogP contribution >= 0.6 is 0 Å². The average molecular weight is 501 g/mol. The number of benzene rings is 3. The highest BCUT2D eigenvalue weighted by Gasteiger charge is 2.34. The zero-order valence-corrected chi connectivity index (χ0v) is 25.2. The molecule has 2 nitrogen and oxygen atoms in total. The van der Waals surface area contributed by atoms with E-state index in [0.717, 1.165) is 22.3 Å². The summed E-state index contributed by atoms with van der Waals surface area (Å²) in [5.74, 6) is 0.642. The van der Waals surface area contributed by atoms with Gasteiger partial charge in [-0.05, 0) is 72.7 Å². The van der Waals surface area contributed by atoms with Crippen molar-refractivity contribution in [3.05, 3.63) is 93.5 Å². The number of aromatic hydroxyl groups is 2. The fourth-order valence-corrected chi connectivity index (χ4v) is 5.36. The third-order valence-corrected chi connectivity index (χ3v) is 7.32. The fraction of sp³-hybridized carbons (Fsp3) is 0.486. The minimum Gasteiger partial charge on any atom is -0.508 e. The third-order valence-electron chi connectivity index (χ3n) is 7.32. The van der Waals surface area contributed by atoms with Crippen LogP contribution in [0.4, 0.5) is 0 Å². The first-order valence-corrected chi connectivity index (χ1v) is 13.5. The van der Waals surface area contributed by atoms with Crippen molar-refractivity contribution in [3.63, 3.8) is 0 Å². The maximum absolute atomic E-state index is 11.2. The molecule has 0 radical (unpaired) electrons. The number of rotatable bonds is 3. The summed E-state index contributed by atoms with van der Waals surface area (Å²) in [5, 5.41) is 22.4. The van der Waals surface area contributed by atoms with Gasteiger partial charge in [0, 0.05) is 5.92 Å². The molecule has 37 heavy (non-hydrogen) atoms. The second-order valence-electron chi connectivity index (χ2n) is 14.8. The molecule has 0 aliphatic heterocycles. The summed E-state index contributed by atoms with van der Waals surface area (Å²) in [4.78, 5) is 0. The van der Waals surface area contributed by atoms with E-state index >= 15 is 0 Å². The highest BCUT2D eigenvalue weighted by molar-refractivity contribution is 5.59. The van der Waals surface area contributed by atoms with Crippen LogP contribution in [0.25, 0.3) is 0 Å². The molecule has 3 aromatic rings. The molecule has 2 N–H and O–H groups in total. The van der Waals surface area contributed by atoms with Gasteiger partial charge in [-0.25, -0.2) is 0 Å². The second-order valence-corrected chi connectivity index (χ2v) is 14.8. The van der Waals surface area contributed by atoms with Crippen LogP contribution in [0.1, 0.15) is 128 Å². The Labute approximate surface area is 225 Å². The van der Waals surface area contributed by atoms with Crippen molar-refractivity contribution in [1.29, 1.82) is 0 Å². The Morgan fingerprint density at radius 1 is 0.459 bits per heavy atom. The van der Waals surface area contributed by atoms with Gasteiger partial charge >= 0.3 is 0 Å². The molecule has 0 heterocycles. The predicted octanol–water partition coefficient (Wildman–Crippen LogP) is 9.47. The van der Waals surface area contributed by atoms with Gasteiger partial charge in [0.2, 0.25) is 0 Å². The molecule has 0 fully saturated rings. The number of phenols is 2. The Balaban J connectivity index is 2.57. The third kappa shape index (κ3) is 6.06. The van der Waals surface area contributed by atoms with Crippen LogP contribution < -0.4 is 0 Å². The lowest BCUT2D eigenvalue weighted by molar-refractivity contribution is 0.440. The van der Waals surface area contributed by atoms with Crippen LogP contribution in [0.15, 0.2) is 54.6 Å². The zero-order chi connectivity index (χ0) is 28.1. The molecule has 0 saturated heterocycles. The lowest BCUT2D eigenvalue weighted by Gasteiger charge is -2.35. The molecular formula is C35H48O2. The smallest absolute Gasteiger partial charge is 0.119 e. The number of phenolic OH excluding ortho intramolecular Hbond substituents is 2. The predicted molar refractivity (Wildman–Crippen MR) is 158 cm³/mol. The summed E-state index contributed by atoms with van der Waals surface area (Å²) < 4.78 is 0. The molecule has 0 unspecified atom stereocenters. The van der Waals surface area contributed by atoms with Gasteiger partial charge in [0.05, 0.1) is 0 Å². The molecule has 0 amide bonds. The van der Waals surface area contributed by atoms with Crippen molar-refractivity contribution < 1.29 is 10.2 Å². The van der Waals surface area contributed by atoms with E-state index in [9.17, 15) is 10.2 Å². The zero-order valence-electron chi connectivity index (χ0n) is 25.2. The largest absolute Gasteiger partial charge is 0.508 e. The van der Waals surface area contributed by atoms with Gasteiger partial charge in [0.25, 0.3) is 0 Å². The molecule has 200 valence electrons. The molecule has 0 spiro atoms. The molecule has 0 saturated carbocycles. The Hall–Kier alpha value is -2.74. The van der Waals surface area contributed by atoms with Crippen molar-refractivity contribution in [2.24, 2.45) is 0 Å². The van der Waals surface area contributed by atoms with Gasteiger partial charge in [0.15, 0.2) is 0 Å². The van der Waals surface area contributed by atoms with Crippen LogP contribution in [0.5, 0.6) is 11.5 Å². The van der Waals surface area contributed by atoms with Crippen molar-refractivity contribution in [1.82, 2.24) is 0 Å². The van der Waals surface area contributed by atoms with Crippen molar-refractivity contribution in [2.75, 3.05) is 0 Å².